The first kappa shape index (κ1) is 23.3. The molecule has 3 atom stereocenters. The molecule has 2 heterocycles. The van der Waals surface area contributed by atoms with Crippen LogP contribution in [0.4, 0.5) is 0 Å². The Kier molecular flexibility index (Phi) is 6.40. The van der Waals surface area contributed by atoms with Gasteiger partial charge in [-0.05, 0) is 61.2 Å². The number of amides is 2. The van der Waals surface area contributed by atoms with Gasteiger partial charge < -0.3 is 19.9 Å². The number of nitrogens with one attached hydrogen (secondary N) is 2. The third kappa shape index (κ3) is 4.72. The highest BCUT2D eigenvalue weighted by atomic mass is 35.5. The molecule has 3 unspecified atom stereocenters. The molecule has 0 radical (unpaired) electrons. The van der Waals surface area contributed by atoms with Crippen LogP contribution in [-0.2, 0) is 20.7 Å². The normalized spacial score (nSPS) is 22.0. The Balaban J connectivity index is 1.35. The van der Waals surface area contributed by atoms with Gasteiger partial charge in [0.2, 0.25) is 5.91 Å². The van der Waals surface area contributed by atoms with Crippen LogP contribution in [0.5, 0.6) is 0 Å². The lowest BCUT2D eigenvalue weighted by Gasteiger charge is -2.30. The number of ether oxygens (including phenoxy) is 1. The van der Waals surface area contributed by atoms with Crippen molar-refractivity contribution in [3.63, 3.8) is 0 Å². The number of Topliss-reactive ketones (excluding diaryl/α,β-unsaturated/α-hetero) is 1. The first-order valence-electron chi connectivity index (χ1n) is 11.6. The molecule has 1 aliphatic carbocycles. The Hall–Kier alpha value is -3.49. The Morgan fingerprint density at radius 3 is 2.66 bits per heavy atom. The van der Waals surface area contributed by atoms with Gasteiger partial charge in [-0.15, -0.1) is 0 Å². The number of hydrogen-bond acceptors (Lipinski definition) is 5. The van der Waals surface area contributed by atoms with Crippen LogP contribution in [0.2, 0.25) is 5.02 Å². The lowest BCUT2D eigenvalue weighted by Crippen LogP contribution is -2.60. The molecule has 2 amide bonds. The van der Waals surface area contributed by atoms with Crippen LogP contribution in [0.25, 0.3) is 5.69 Å². The Labute approximate surface area is 207 Å². The number of fused-ring (bicyclic) bond motifs is 1. The summed E-state index contributed by atoms with van der Waals surface area (Å²) in [6.07, 6.45) is 7.15. The summed E-state index contributed by atoms with van der Waals surface area (Å²) in [6.45, 7) is 0.00240. The number of carbonyl (C=O) groups excluding carboxylic acids is 3. The zero-order valence-electron chi connectivity index (χ0n) is 18.9. The number of benzene rings is 2. The second-order valence-electron chi connectivity index (χ2n) is 8.95. The van der Waals surface area contributed by atoms with E-state index in [1.165, 1.54) is 0 Å². The van der Waals surface area contributed by atoms with E-state index in [0.29, 0.717) is 17.0 Å². The summed E-state index contributed by atoms with van der Waals surface area (Å²) in [6, 6.07) is 13.2. The number of halogens is 1. The zero-order chi connectivity index (χ0) is 24.4. The van der Waals surface area contributed by atoms with Crippen LogP contribution in [0, 0.1) is 0 Å². The van der Waals surface area contributed by atoms with Crippen molar-refractivity contribution >= 4 is 29.2 Å². The quantitative estimate of drug-likeness (QED) is 0.528. The average Bonchev–Trinajstić information content (AvgIpc) is 3.59. The van der Waals surface area contributed by atoms with E-state index in [0.717, 1.165) is 24.1 Å². The highest BCUT2D eigenvalue weighted by molar-refractivity contribution is 6.30. The van der Waals surface area contributed by atoms with Crippen molar-refractivity contribution in [3.8, 4) is 5.69 Å². The van der Waals surface area contributed by atoms with Crippen molar-refractivity contribution < 1.29 is 19.1 Å². The monoisotopic (exact) mass is 492 g/mol. The molecule has 9 heteroatoms. The minimum Gasteiger partial charge on any atom is -0.367 e. The van der Waals surface area contributed by atoms with Crippen LogP contribution in [0.1, 0.15) is 35.2 Å². The van der Waals surface area contributed by atoms with Gasteiger partial charge in [0.25, 0.3) is 5.91 Å². The first-order chi connectivity index (χ1) is 16.9. The maximum Gasteiger partial charge on any atom is 0.251 e. The van der Waals surface area contributed by atoms with Crippen molar-refractivity contribution in [2.75, 3.05) is 6.61 Å². The number of ketones is 1. The largest absolute Gasteiger partial charge is 0.367 e. The van der Waals surface area contributed by atoms with Gasteiger partial charge in [-0.1, -0.05) is 23.7 Å². The summed E-state index contributed by atoms with van der Waals surface area (Å²) in [5.74, 6) is -0.903. The molecular formula is C26H25ClN4O4. The van der Waals surface area contributed by atoms with E-state index in [4.69, 9.17) is 16.3 Å². The highest BCUT2D eigenvalue weighted by Crippen LogP contribution is 2.37. The van der Waals surface area contributed by atoms with Gasteiger partial charge in [0, 0.05) is 35.1 Å². The molecule has 1 aromatic heterocycles. The molecule has 0 bridgehead atoms. The summed E-state index contributed by atoms with van der Waals surface area (Å²) >= 11 is 6.01. The van der Waals surface area contributed by atoms with E-state index in [2.05, 4.69) is 15.6 Å². The number of hydrogen-bond donors (Lipinski definition) is 2. The van der Waals surface area contributed by atoms with Gasteiger partial charge in [0.1, 0.15) is 18.2 Å². The van der Waals surface area contributed by atoms with Crippen molar-refractivity contribution in [2.24, 2.45) is 0 Å². The summed E-state index contributed by atoms with van der Waals surface area (Å²) in [4.78, 5) is 43.3. The van der Waals surface area contributed by atoms with Crippen molar-refractivity contribution in [3.05, 3.63) is 83.4 Å². The minimum absolute atomic E-state index is 0.00240. The standard InChI is InChI=1S/C26H25ClN4O4/c27-19-7-3-17(4-8-19)14-21(25(34)30-26-11-1-2-23(26)35-15-22(26)32)29-24(33)18-5-9-20(10-6-18)31-13-12-28-16-31/h3-10,12-13,16,21,23H,1-2,11,14-15H2,(H,29,33)(H,30,34). The molecule has 1 saturated heterocycles. The number of nitrogens with zero attached hydrogens (tertiary/aromatic N) is 2. The predicted octanol–water partition coefficient (Wildman–Crippen LogP) is 2.87. The molecular weight excluding hydrogens is 468 g/mol. The number of imidazole rings is 1. The van der Waals surface area contributed by atoms with Gasteiger partial charge in [-0.3, -0.25) is 14.4 Å². The van der Waals surface area contributed by atoms with Crippen LogP contribution in [0.15, 0.2) is 67.3 Å². The van der Waals surface area contributed by atoms with E-state index in [1.54, 1.807) is 36.8 Å². The molecule has 1 aliphatic heterocycles. The summed E-state index contributed by atoms with van der Waals surface area (Å²) in [5.41, 5.74) is 1.10. The van der Waals surface area contributed by atoms with Gasteiger partial charge in [0.05, 0.1) is 12.4 Å². The fraction of sp³-hybridized carbons (Fsp3) is 0.308. The summed E-state index contributed by atoms with van der Waals surface area (Å²) in [5, 5.41) is 6.40. The van der Waals surface area contributed by atoms with Crippen molar-refractivity contribution in [1.29, 1.82) is 0 Å². The van der Waals surface area contributed by atoms with Gasteiger partial charge in [-0.2, -0.15) is 0 Å². The maximum atomic E-state index is 13.5. The highest BCUT2D eigenvalue weighted by Gasteiger charge is 2.55. The summed E-state index contributed by atoms with van der Waals surface area (Å²) < 4.78 is 7.45. The molecule has 2 fully saturated rings. The fourth-order valence-electron chi connectivity index (χ4n) is 4.85. The van der Waals surface area contributed by atoms with E-state index < -0.39 is 17.5 Å². The van der Waals surface area contributed by atoms with Crippen LogP contribution < -0.4 is 10.6 Å². The second-order valence-corrected chi connectivity index (χ2v) is 9.39. The van der Waals surface area contributed by atoms with Crippen LogP contribution >= 0.6 is 11.6 Å². The molecule has 1 saturated carbocycles. The molecule has 2 aliphatic rings. The number of rotatable bonds is 7. The molecule has 0 spiro atoms. The Bertz CT molecular complexity index is 1230. The van der Waals surface area contributed by atoms with Gasteiger partial charge >= 0.3 is 0 Å². The molecule has 5 rings (SSSR count). The molecule has 180 valence electrons. The average molecular weight is 493 g/mol. The third-order valence-electron chi connectivity index (χ3n) is 6.75. The lowest BCUT2D eigenvalue weighted by atomic mass is 9.91. The summed E-state index contributed by atoms with van der Waals surface area (Å²) in [7, 11) is 0. The SMILES string of the molecule is O=C(NC(Cc1ccc(Cl)cc1)C(=O)NC12CCCC1OCC2=O)c1ccc(-n2ccnc2)cc1. The predicted molar refractivity (Wildman–Crippen MR) is 129 cm³/mol. The van der Waals surface area contributed by atoms with E-state index in [9.17, 15) is 14.4 Å². The molecule has 8 nitrogen and oxygen atoms in total. The molecule has 35 heavy (non-hydrogen) atoms. The van der Waals surface area contributed by atoms with E-state index in [1.807, 2.05) is 35.0 Å². The van der Waals surface area contributed by atoms with E-state index in [-0.39, 0.29) is 30.8 Å². The fourth-order valence-corrected chi connectivity index (χ4v) is 4.97. The Morgan fingerprint density at radius 2 is 1.94 bits per heavy atom. The second kappa shape index (κ2) is 9.64. The topological polar surface area (TPSA) is 102 Å². The molecule has 2 N–H and O–H groups in total. The smallest absolute Gasteiger partial charge is 0.251 e. The first-order valence-corrected chi connectivity index (χ1v) is 11.9. The van der Waals surface area contributed by atoms with Gasteiger partial charge in [0.15, 0.2) is 5.78 Å². The van der Waals surface area contributed by atoms with Gasteiger partial charge in [-0.25, -0.2) is 4.98 Å². The molecule has 2 aromatic carbocycles. The minimum atomic E-state index is -1.01. The lowest BCUT2D eigenvalue weighted by molar-refractivity contribution is -0.131. The van der Waals surface area contributed by atoms with Crippen molar-refractivity contribution in [1.82, 2.24) is 20.2 Å². The van der Waals surface area contributed by atoms with Crippen LogP contribution in [-0.4, -0.2) is 51.4 Å². The number of carbonyl (C=O) groups is 3. The maximum absolute atomic E-state index is 13.5. The van der Waals surface area contributed by atoms with Crippen LogP contribution in [0.3, 0.4) is 0 Å². The molecule has 3 aromatic rings. The van der Waals surface area contributed by atoms with Crippen molar-refractivity contribution in [2.45, 2.75) is 43.4 Å². The Morgan fingerprint density at radius 1 is 1.17 bits per heavy atom. The number of aromatic nitrogens is 2. The third-order valence-corrected chi connectivity index (χ3v) is 7.01. The zero-order valence-corrected chi connectivity index (χ0v) is 19.7. The van der Waals surface area contributed by atoms with E-state index >= 15 is 0 Å².